The molecule has 0 unspecified atom stereocenters. The second-order valence-corrected chi connectivity index (χ2v) is 4.28. The molecule has 0 aliphatic heterocycles. The van der Waals surface area contributed by atoms with E-state index in [-0.39, 0.29) is 17.4 Å². The average Bonchev–Trinajstić information content (AvgIpc) is 2.31. The van der Waals surface area contributed by atoms with Crippen molar-refractivity contribution >= 4 is 11.7 Å². The summed E-state index contributed by atoms with van der Waals surface area (Å²) in [7, 11) is 0. The van der Waals surface area contributed by atoms with E-state index < -0.39 is 0 Å². The first kappa shape index (κ1) is 14.8. The van der Waals surface area contributed by atoms with Crippen LogP contribution in [-0.4, -0.2) is 23.3 Å². The van der Waals surface area contributed by atoms with Crippen molar-refractivity contribution in [2.24, 2.45) is 0 Å². The molecule has 0 aromatic heterocycles. The molecule has 0 atom stereocenters. The van der Waals surface area contributed by atoms with Crippen molar-refractivity contribution in [2.45, 2.75) is 27.2 Å². The number of Topliss-reactive ketones (excluding diaryl/α,β-unsaturated/α-hetero) is 1. The molecule has 1 amide bonds. The fraction of sp³-hybridized carbons (Fsp3) is 0.333. The second kappa shape index (κ2) is 6.60. The third-order valence-corrected chi connectivity index (χ3v) is 2.57. The lowest BCUT2D eigenvalue weighted by molar-refractivity contribution is -0.118. The Morgan fingerprint density at radius 3 is 2.58 bits per heavy atom. The van der Waals surface area contributed by atoms with Gasteiger partial charge < -0.3 is 10.4 Å². The third kappa shape index (κ3) is 4.47. The first-order valence-electron chi connectivity index (χ1n) is 5.99. The van der Waals surface area contributed by atoms with Gasteiger partial charge in [-0.3, -0.25) is 9.59 Å². The Morgan fingerprint density at radius 1 is 1.32 bits per heavy atom. The molecule has 1 aromatic rings. The molecule has 2 N–H and O–H groups in total. The maximum Gasteiger partial charge on any atom is 0.216 e. The van der Waals surface area contributed by atoms with Crippen LogP contribution in [0.25, 0.3) is 0 Å². The highest BCUT2D eigenvalue weighted by Crippen LogP contribution is 2.22. The van der Waals surface area contributed by atoms with Crippen molar-refractivity contribution in [3.63, 3.8) is 0 Å². The molecule has 100 valence electrons. The van der Waals surface area contributed by atoms with Crippen LogP contribution in [0.4, 0.5) is 0 Å². The summed E-state index contributed by atoms with van der Waals surface area (Å²) in [6, 6.07) is 3.13. The summed E-state index contributed by atoms with van der Waals surface area (Å²) in [5.74, 6) is 5.53. The predicted molar refractivity (Wildman–Crippen MR) is 73.0 cm³/mol. The molecular formula is C15H17NO3. The number of ketones is 1. The van der Waals surface area contributed by atoms with Gasteiger partial charge >= 0.3 is 0 Å². The smallest absolute Gasteiger partial charge is 0.216 e. The van der Waals surface area contributed by atoms with Gasteiger partial charge in [0.2, 0.25) is 5.91 Å². The van der Waals surface area contributed by atoms with Gasteiger partial charge in [-0.15, -0.1) is 0 Å². The molecule has 19 heavy (non-hydrogen) atoms. The van der Waals surface area contributed by atoms with Gasteiger partial charge in [-0.1, -0.05) is 11.8 Å². The Hall–Kier alpha value is -2.28. The van der Waals surface area contributed by atoms with Crippen molar-refractivity contribution < 1.29 is 14.7 Å². The standard InChI is InChI=1S/C15H17NO3/c1-10-8-14(11(2)17)15(19)9-13(10)6-4-5-7-16-12(3)18/h8-9,19H,5,7H2,1-3H3,(H,16,18). The van der Waals surface area contributed by atoms with Gasteiger partial charge in [-0.25, -0.2) is 0 Å². The number of amides is 1. The molecule has 1 aromatic carbocycles. The summed E-state index contributed by atoms with van der Waals surface area (Å²) in [5.41, 5.74) is 1.83. The number of hydrogen-bond donors (Lipinski definition) is 2. The Morgan fingerprint density at radius 2 is 2.00 bits per heavy atom. The van der Waals surface area contributed by atoms with Gasteiger partial charge in [0.15, 0.2) is 5.78 Å². The molecule has 1 rings (SSSR count). The lowest BCUT2D eigenvalue weighted by Gasteiger charge is -2.04. The van der Waals surface area contributed by atoms with Gasteiger partial charge in [-0.05, 0) is 31.5 Å². The highest BCUT2D eigenvalue weighted by molar-refractivity contribution is 5.97. The molecule has 0 radical (unpaired) electrons. The lowest BCUT2D eigenvalue weighted by Crippen LogP contribution is -2.20. The van der Waals surface area contributed by atoms with Gasteiger partial charge in [0.25, 0.3) is 0 Å². The van der Waals surface area contributed by atoms with Gasteiger partial charge in [0.05, 0.1) is 5.56 Å². The number of phenols is 1. The number of benzene rings is 1. The summed E-state index contributed by atoms with van der Waals surface area (Å²) in [6.07, 6.45) is 0.536. The van der Waals surface area contributed by atoms with Crippen LogP contribution < -0.4 is 5.32 Å². The van der Waals surface area contributed by atoms with Crippen LogP contribution in [-0.2, 0) is 4.79 Å². The SMILES string of the molecule is CC(=O)NCCC#Cc1cc(O)c(C(C)=O)cc1C. The highest BCUT2D eigenvalue weighted by Gasteiger charge is 2.08. The molecule has 0 spiro atoms. The third-order valence-electron chi connectivity index (χ3n) is 2.57. The topological polar surface area (TPSA) is 66.4 Å². The van der Waals surface area contributed by atoms with E-state index in [1.807, 2.05) is 6.92 Å². The fourth-order valence-corrected chi connectivity index (χ4v) is 1.57. The number of carbonyl (C=O) groups is 2. The normalized spacial score (nSPS) is 9.42. The first-order chi connectivity index (χ1) is 8.91. The van der Waals surface area contributed by atoms with Gasteiger partial charge in [0, 0.05) is 25.5 Å². The zero-order valence-electron chi connectivity index (χ0n) is 11.3. The van der Waals surface area contributed by atoms with Crippen molar-refractivity contribution in [1.29, 1.82) is 0 Å². The molecule has 0 bridgehead atoms. The number of aromatic hydroxyl groups is 1. The molecule has 0 saturated heterocycles. The van der Waals surface area contributed by atoms with Crippen LogP contribution in [0.3, 0.4) is 0 Å². The van der Waals surface area contributed by atoms with E-state index in [2.05, 4.69) is 17.2 Å². The molecule has 4 nitrogen and oxygen atoms in total. The van der Waals surface area contributed by atoms with Crippen molar-refractivity contribution in [3.8, 4) is 17.6 Å². The summed E-state index contributed by atoms with van der Waals surface area (Å²) in [5, 5.41) is 12.4. The molecule has 0 fully saturated rings. The van der Waals surface area contributed by atoms with Crippen LogP contribution in [0, 0.1) is 18.8 Å². The molecular weight excluding hydrogens is 242 g/mol. The molecule has 4 heteroatoms. The summed E-state index contributed by atoms with van der Waals surface area (Å²) in [4.78, 5) is 21.9. The minimum absolute atomic E-state index is 0.0516. The Balaban J connectivity index is 2.80. The Labute approximate surface area is 112 Å². The van der Waals surface area contributed by atoms with E-state index in [0.717, 1.165) is 5.56 Å². The number of hydrogen-bond acceptors (Lipinski definition) is 3. The van der Waals surface area contributed by atoms with Crippen molar-refractivity contribution in [1.82, 2.24) is 5.32 Å². The van der Waals surface area contributed by atoms with Crippen LogP contribution in [0.5, 0.6) is 5.75 Å². The van der Waals surface area contributed by atoms with Crippen LogP contribution in [0.2, 0.25) is 0 Å². The number of carbonyl (C=O) groups excluding carboxylic acids is 2. The lowest BCUT2D eigenvalue weighted by atomic mass is 10.0. The predicted octanol–water partition coefficient (Wildman–Crippen LogP) is 1.78. The maximum atomic E-state index is 11.3. The van der Waals surface area contributed by atoms with Crippen LogP contribution in [0.15, 0.2) is 12.1 Å². The van der Waals surface area contributed by atoms with E-state index >= 15 is 0 Å². The van der Waals surface area contributed by atoms with Crippen molar-refractivity contribution in [2.75, 3.05) is 6.54 Å². The summed E-state index contributed by atoms with van der Waals surface area (Å²) in [6.45, 7) is 5.20. The van der Waals surface area contributed by atoms with Crippen LogP contribution in [0.1, 0.15) is 41.8 Å². The maximum absolute atomic E-state index is 11.3. The average molecular weight is 259 g/mol. The first-order valence-corrected chi connectivity index (χ1v) is 5.99. The van der Waals surface area contributed by atoms with E-state index in [9.17, 15) is 14.7 Å². The molecule has 0 heterocycles. The largest absolute Gasteiger partial charge is 0.507 e. The van der Waals surface area contributed by atoms with Crippen molar-refractivity contribution in [3.05, 3.63) is 28.8 Å². The van der Waals surface area contributed by atoms with Gasteiger partial charge in [0.1, 0.15) is 5.75 Å². The van der Waals surface area contributed by atoms with Gasteiger partial charge in [-0.2, -0.15) is 0 Å². The number of phenolic OH excluding ortho intramolecular Hbond substituents is 1. The minimum atomic E-state index is -0.175. The van der Waals surface area contributed by atoms with E-state index in [0.29, 0.717) is 24.1 Å². The second-order valence-electron chi connectivity index (χ2n) is 4.28. The monoisotopic (exact) mass is 259 g/mol. The number of nitrogens with one attached hydrogen (secondary N) is 1. The van der Waals surface area contributed by atoms with E-state index in [1.165, 1.54) is 19.9 Å². The quantitative estimate of drug-likeness (QED) is 0.494. The zero-order chi connectivity index (χ0) is 14.4. The molecule has 0 saturated carbocycles. The van der Waals surface area contributed by atoms with E-state index in [4.69, 9.17) is 0 Å². The summed E-state index contributed by atoms with van der Waals surface area (Å²) < 4.78 is 0. The zero-order valence-corrected chi connectivity index (χ0v) is 11.3. The Kier molecular flexibility index (Phi) is 5.13. The molecule has 0 aliphatic carbocycles. The van der Waals surface area contributed by atoms with Crippen LogP contribution >= 0.6 is 0 Å². The fourth-order valence-electron chi connectivity index (χ4n) is 1.57. The number of rotatable bonds is 3. The summed E-state index contributed by atoms with van der Waals surface area (Å²) >= 11 is 0. The number of aryl methyl sites for hydroxylation is 1. The molecule has 0 aliphatic rings. The van der Waals surface area contributed by atoms with E-state index in [1.54, 1.807) is 6.07 Å². The highest BCUT2D eigenvalue weighted by atomic mass is 16.3. The minimum Gasteiger partial charge on any atom is -0.507 e. The Bertz CT molecular complexity index is 565.